The summed E-state index contributed by atoms with van der Waals surface area (Å²) in [5.41, 5.74) is 2.15. The molecule has 29 heavy (non-hydrogen) atoms. The molecule has 1 aliphatic heterocycles. The molecule has 0 aliphatic carbocycles. The Morgan fingerprint density at radius 3 is 2.69 bits per heavy atom. The van der Waals surface area contributed by atoms with E-state index in [1.54, 1.807) is 12.4 Å². The van der Waals surface area contributed by atoms with Crippen molar-refractivity contribution in [2.75, 3.05) is 13.1 Å². The van der Waals surface area contributed by atoms with Crippen LogP contribution in [0.2, 0.25) is 0 Å². The Labute approximate surface area is 170 Å². The largest absolute Gasteiger partial charge is 0.352 e. The predicted octanol–water partition coefficient (Wildman–Crippen LogP) is 2.98. The minimum absolute atomic E-state index is 0.0240. The fourth-order valence-electron chi connectivity index (χ4n) is 3.94. The molecule has 0 radical (unpaired) electrons. The molecule has 3 aromatic rings. The molecule has 1 N–H and O–H groups in total. The summed E-state index contributed by atoms with van der Waals surface area (Å²) in [5, 5.41) is 4.18. The number of hydrogen-bond donors (Lipinski definition) is 1. The van der Waals surface area contributed by atoms with Gasteiger partial charge in [-0.1, -0.05) is 24.3 Å². The van der Waals surface area contributed by atoms with Crippen molar-refractivity contribution in [1.82, 2.24) is 19.8 Å². The first-order chi connectivity index (χ1) is 14.2. The fourth-order valence-corrected chi connectivity index (χ4v) is 3.94. The number of pyridine rings is 1. The third kappa shape index (κ3) is 4.65. The molecule has 1 aromatic carbocycles. The number of amides is 2. The summed E-state index contributed by atoms with van der Waals surface area (Å²) in [6, 6.07) is 14.1. The van der Waals surface area contributed by atoms with E-state index >= 15 is 0 Å². The van der Waals surface area contributed by atoms with Gasteiger partial charge in [0.1, 0.15) is 0 Å². The van der Waals surface area contributed by atoms with Crippen LogP contribution in [0.1, 0.15) is 24.8 Å². The standard InChI is InChI=1S/C23H26N4O2/c28-22(10-15-26-12-7-19-5-1-2-6-21(19)26)27-13-8-20(9-14-27)23(29)25-17-18-4-3-11-24-16-18/h1-7,11-12,16,20H,8-10,13-15,17H2,(H,25,29). The average molecular weight is 390 g/mol. The van der Waals surface area contributed by atoms with Gasteiger partial charge < -0.3 is 14.8 Å². The highest BCUT2D eigenvalue weighted by Gasteiger charge is 2.27. The van der Waals surface area contributed by atoms with Crippen LogP contribution in [-0.4, -0.2) is 39.4 Å². The van der Waals surface area contributed by atoms with Crippen molar-refractivity contribution >= 4 is 22.7 Å². The summed E-state index contributed by atoms with van der Waals surface area (Å²) in [6.07, 6.45) is 7.44. The molecule has 0 saturated carbocycles. The molecule has 6 heteroatoms. The number of carbonyl (C=O) groups excluding carboxylic acids is 2. The lowest BCUT2D eigenvalue weighted by Crippen LogP contribution is -2.43. The van der Waals surface area contributed by atoms with E-state index in [0.29, 0.717) is 32.6 Å². The van der Waals surface area contributed by atoms with E-state index in [1.165, 1.54) is 5.39 Å². The van der Waals surface area contributed by atoms with Gasteiger partial charge in [-0.15, -0.1) is 0 Å². The Bertz CT molecular complexity index is 975. The van der Waals surface area contributed by atoms with Crippen LogP contribution >= 0.6 is 0 Å². The second-order valence-corrected chi connectivity index (χ2v) is 7.55. The summed E-state index contributed by atoms with van der Waals surface area (Å²) in [5.74, 6) is 0.209. The first kappa shape index (κ1) is 19.2. The summed E-state index contributed by atoms with van der Waals surface area (Å²) in [4.78, 5) is 31.0. The Morgan fingerprint density at radius 2 is 1.90 bits per heavy atom. The predicted molar refractivity (Wildman–Crippen MR) is 112 cm³/mol. The number of fused-ring (bicyclic) bond motifs is 1. The molecule has 150 valence electrons. The molecule has 0 bridgehead atoms. The maximum atomic E-state index is 12.6. The number of nitrogens with zero attached hydrogens (tertiary/aromatic N) is 3. The Hall–Kier alpha value is -3.15. The molecule has 0 spiro atoms. The molecular weight excluding hydrogens is 364 g/mol. The van der Waals surface area contributed by atoms with E-state index < -0.39 is 0 Å². The van der Waals surface area contributed by atoms with Gasteiger partial charge in [0, 0.05) is 62.6 Å². The number of piperidine rings is 1. The number of hydrogen-bond acceptors (Lipinski definition) is 3. The molecular formula is C23H26N4O2. The number of nitrogens with one attached hydrogen (secondary N) is 1. The highest BCUT2D eigenvalue weighted by molar-refractivity contribution is 5.81. The van der Waals surface area contributed by atoms with Crippen LogP contribution in [-0.2, 0) is 22.7 Å². The van der Waals surface area contributed by atoms with Gasteiger partial charge in [-0.05, 0) is 42.0 Å². The Balaban J connectivity index is 1.22. The second-order valence-electron chi connectivity index (χ2n) is 7.55. The van der Waals surface area contributed by atoms with Gasteiger partial charge in [0.25, 0.3) is 0 Å². The lowest BCUT2D eigenvalue weighted by molar-refractivity contribution is -0.135. The first-order valence-corrected chi connectivity index (χ1v) is 10.2. The van der Waals surface area contributed by atoms with Gasteiger partial charge in [0.15, 0.2) is 0 Å². The van der Waals surface area contributed by atoms with Crippen LogP contribution in [0, 0.1) is 5.92 Å². The molecule has 1 fully saturated rings. The topological polar surface area (TPSA) is 67.2 Å². The molecule has 0 atom stereocenters. The molecule has 0 unspecified atom stereocenters. The van der Waals surface area contributed by atoms with Gasteiger partial charge in [0.05, 0.1) is 0 Å². The van der Waals surface area contributed by atoms with Crippen LogP contribution in [0.15, 0.2) is 61.1 Å². The van der Waals surface area contributed by atoms with Crippen molar-refractivity contribution in [3.8, 4) is 0 Å². The first-order valence-electron chi connectivity index (χ1n) is 10.2. The number of aryl methyl sites for hydroxylation is 1. The minimum Gasteiger partial charge on any atom is -0.352 e. The highest BCUT2D eigenvalue weighted by atomic mass is 16.2. The van der Waals surface area contributed by atoms with Crippen molar-refractivity contribution in [1.29, 1.82) is 0 Å². The summed E-state index contributed by atoms with van der Waals surface area (Å²) >= 11 is 0. The smallest absolute Gasteiger partial charge is 0.224 e. The van der Waals surface area contributed by atoms with E-state index in [1.807, 2.05) is 35.4 Å². The van der Waals surface area contributed by atoms with Crippen LogP contribution in [0.4, 0.5) is 0 Å². The highest BCUT2D eigenvalue weighted by Crippen LogP contribution is 2.19. The average Bonchev–Trinajstić information content (AvgIpc) is 3.20. The molecule has 4 rings (SSSR count). The van der Waals surface area contributed by atoms with E-state index in [0.717, 1.165) is 23.9 Å². The van der Waals surface area contributed by atoms with E-state index in [-0.39, 0.29) is 17.7 Å². The van der Waals surface area contributed by atoms with Crippen molar-refractivity contribution in [2.24, 2.45) is 5.92 Å². The van der Waals surface area contributed by atoms with Gasteiger partial charge in [0.2, 0.25) is 11.8 Å². The minimum atomic E-state index is -0.0240. The summed E-state index contributed by atoms with van der Waals surface area (Å²) in [7, 11) is 0. The third-order valence-electron chi connectivity index (χ3n) is 5.65. The normalized spacial score (nSPS) is 14.8. The van der Waals surface area contributed by atoms with Crippen LogP contribution < -0.4 is 5.32 Å². The van der Waals surface area contributed by atoms with Crippen LogP contribution in [0.5, 0.6) is 0 Å². The SMILES string of the molecule is O=C(NCc1cccnc1)C1CCN(C(=O)CCn2ccc3ccccc32)CC1. The Morgan fingerprint density at radius 1 is 1.07 bits per heavy atom. The molecule has 3 heterocycles. The molecule has 2 aromatic heterocycles. The zero-order chi connectivity index (χ0) is 20.1. The van der Waals surface area contributed by atoms with Gasteiger partial charge in [-0.25, -0.2) is 0 Å². The van der Waals surface area contributed by atoms with E-state index in [9.17, 15) is 9.59 Å². The van der Waals surface area contributed by atoms with E-state index in [2.05, 4.69) is 33.1 Å². The fraction of sp³-hybridized carbons (Fsp3) is 0.348. The number of rotatable bonds is 6. The maximum Gasteiger partial charge on any atom is 0.224 e. The zero-order valence-electron chi connectivity index (χ0n) is 16.5. The lowest BCUT2D eigenvalue weighted by atomic mass is 9.95. The van der Waals surface area contributed by atoms with Crippen molar-refractivity contribution in [3.05, 3.63) is 66.6 Å². The van der Waals surface area contributed by atoms with Crippen LogP contribution in [0.25, 0.3) is 10.9 Å². The number of aromatic nitrogens is 2. The molecule has 1 aliphatic rings. The Kier molecular flexibility index (Phi) is 5.89. The second kappa shape index (κ2) is 8.90. The maximum absolute atomic E-state index is 12.6. The zero-order valence-corrected chi connectivity index (χ0v) is 16.5. The number of likely N-dealkylation sites (tertiary alicyclic amines) is 1. The quantitative estimate of drug-likeness (QED) is 0.704. The van der Waals surface area contributed by atoms with Gasteiger partial charge in [-0.2, -0.15) is 0 Å². The van der Waals surface area contributed by atoms with Crippen molar-refractivity contribution in [2.45, 2.75) is 32.4 Å². The summed E-state index contributed by atoms with van der Waals surface area (Å²) in [6.45, 7) is 2.47. The molecule has 2 amide bonds. The van der Waals surface area contributed by atoms with E-state index in [4.69, 9.17) is 0 Å². The number of benzene rings is 1. The number of para-hydroxylation sites is 1. The number of carbonyl (C=O) groups is 2. The van der Waals surface area contributed by atoms with Crippen molar-refractivity contribution < 1.29 is 9.59 Å². The van der Waals surface area contributed by atoms with Gasteiger partial charge >= 0.3 is 0 Å². The summed E-state index contributed by atoms with van der Waals surface area (Å²) < 4.78 is 2.13. The van der Waals surface area contributed by atoms with Crippen LogP contribution in [0.3, 0.4) is 0 Å². The molecule has 6 nitrogen and oxygen atoms in total. The third-order valence-corrected chi connectivity index (χ3v) is 5.65. The lowest BCUT2D eigenvalue weighted by Gasteiger charge is -2.31. The molecule has 1 saturated heterocycles. The van der Waals surface area contributed by atoms with Gasteiger partial charge in [-0.3, -0.25) is 14.6 Å². The monoisotopic (exact) mass is 390 g/mol. The van der Waals surface area contributed by atoms with Crippen molar-refractivity contribution in [3.63, 3.8) is 0 Å².